The minimum Gasteiger partial charge on any atom is -0.264 e. The van der Waals surface area contributed by atoms with E-state index in [1.54, 1.807) is 31.5 Å². The second kappa shape index (κ2) is 7.47. The summed E-state index contributed by atoms with van der Waals surface area (Å²) >= 11 is 0. The first-order chi connectivity index (χ1) is 10.5. The van der Waals surface area contributed by atoms with E-state index in [0.29, 0.717) is 6.42 Å². The van der Waals surface area contributed by atoms with Gasteiger partial charge in [-0.1, -0.05) is 18.2 Å². The Morgan fingerprint density at radius 3 is 2.55 bits per heavy atom. The molecule has 6 heteroatoms. The number of benzene rings is 1. The van der Waals surface area contributed by atoms with E-state index >= 15 is 0 Å². The lowest BCUT2D eigenvalue weighted by Crippen LogP contribution is -2.30. The van der Waals surface area contributed by atoms with Crippen LogP contribution in [0.2, 0.25) is 0 Å². The van der Waals surface area contributed by atoms with Crippen LogP contribution in [0.15, 0.2) is 48.8 Å². The Kier molecular flexibility index (Phi) is 5.63. The number of nitrogens with one attached hydrogen (secondary N) is 1. The maximum atomic E-state index is 13.1. The summed E-state index contributed by atoms with van der Waals surface area (Å²) in [5.41, 5.74) is 1.90. The van der Waals surface area contributed by atoms with Crippen LogP contribution in [0.1, 0.15) is 24.0 Å². The average Bonchev–Trinajstić information content (AvgIpc) is 2.53. The third-order valence-corrected chi connectivity index (χ3v) is 4.84. The SMILES string of the molecule is CCS(=O)(=O)NCC(Cc1cccnc1)c1ccc(F)cc1. The van der Waals surface area contributed by atoms with Gasteiger partial charge in [-0.15, -0.1) is 0 Å². The van der Waals surface area contributed by atoms with Crippen LogP contribution in [0.3, 0.4) is 0 Å². The Morgan fingerprint density at radius 1 is 1.23 bits per heavy atom. The van der Waals surface area contributed by atoms with Gasteiger partial charge < -0.3 is 0 Å². The van der Waals surface area contributed by atoms with E-state index in [1.807, 2.05) is 12.1 Å². The van der Waals surface area contributed by atoms with Gasteiger partial charge in [-0.05, 0) is 42.7 Å². The Morgan fingerprint density at radius 2 is 1.95 bits per heavy atom. The number of sulfonamides is 1. The lowest BCUT2D eigenvalue weighted by molar-refractivity contribution is 0.569. The van der Waals surface area contributed by atoms with Crippen molar-refractivity contribution in [2.24, 2.45) is 0 Å². The zero-order valence-electron chi connectivity index (χ0n) is 12.4. The van der Waals surface area contributed by atoms with Gasteiger partial charge in [0, 0.05) is 24.9 Å². The molecule has 2 aromatic rings. The second-order valence-electron chi connectivity index (χ2n) is 5.07. The van der Waals surface area contributed by atoms with Gasteiger partial charge in [-0.2, -0.15) is 0 Å². The van der Waals surface area contributed by atoms with E-state index in [4.69, 9.17) is 0 Å². The standard InChI is InChI=1S/C16H19FN2O2S/c1-2-22(20,21)19-12-15(10-13-4-3-9-18-11-13)14-5-7-16(17)8-6-14/h3-9,11,15,19H,2,10,12H2,1H3. The Labute approximate surface area is 130 Å². The first kappa shape index (κ1) is 16.6. The molecule has 1 heterocycles. The van der Waals surface area contributed by atoms with E-state index in [1.165, 1.54) is 12.1 Å². The van der Waals surface area contributed by atoms with Crippen molar-refractivity contribution in [2.45, 2.75) is 19.3 Å². The van der Waals surface area contributed by atoms with Gasteiger partial charge in [0.05, 0.1) is 5.75 Å². The first-order valence-corrected chi connectivity index (χ1v) is 8.77. The zero-order valence-corrected chi connectivity index (χ0v) is 13.2. The number of nitrogens with zero attached hydrogens (tertiary/aromatic N) is 1. The first-order valence-electron chi connectivity index (χ1n) is 7.12. The molecule has 118 valence electrons. The van der Waals surface area contributed by atoms with E-state index in [-0.39, 0.29) is 24.0 Å². The van der Waals surface area contributed by atoms with Crippen molar-refractivity contribution in [2.75, 3.05) is 12.3 Å². The maximum Gasteiger partial charge on any atom is 0.211 e. The van der Waals surface area contributed by atoms with E-state index < -0.39 is 10.0 Å². The van der Waals surface area contributed by atoms with Crippen LogP contribution in [0.25, 0.3) is 0 Å². The van der Waals surface area contributed by atoms with Crippen molar-refractivity contribution in [1.29, 1.82) is 0 Å². The molecule has 2 rings (SSSR count). The summed E-state index contributed by atoms with van der Waals surface area (Å²) in [5.74, 6) is -0.347. The van der Waals surface area contributed by atoms with Gasteiger partial charge in [-0.3, -0.25) is 4.98 Å². The van der Waals surface area contributed by atoms with E-state index in [9.17, 15) is 12.8 Å². The van der Waals surface area contributed by atoms with Crippen molar-refractivity contribution < 1.29 is 12.8 Å². The molecule has 4 nitrogen and oxygen atoms in total. The summed E-state index contributed by atoms with van der Waals surface area (Å²) in [6.07, 6.45) is 4.08. The van der Waals surface area contributed by atoms with Gasteiger partial charge in [0.25, 0.3) is 0 Å². The third kappa shape index (κ3) is 4.89. The van der Waals surface area contributed by atoms with Crippen molar-refractivity contribution >= 4 is 10.0 Å². The van der Waals surface area contributed by atoms with Gasteiger partial charge in [0.2, 0.25) is 10.0 Å². The summed E-state index contributed by atoms with van der Waals surface area (Å²) in [6.45, 7) is 1.87. The van der Waals surface area contributed by atoms with Gasteiger partial charge in [0.1, 0.15) is 5.82 Å². The molecule has 0 saturated carbocycles. The zero-order chi connectivity index (χ0) is 16.0. The van der Waals surface area contributed by atoms with Gasteiger partial charge in [0.15, 0.2) is 0 Å². The molecule has 0 bridgehead atoms. The molecule has 1 atom stereocenters. The van der Waals surface area contributed by atoms with Gasteiger partial charge >= 0.3 is 0 Å². The predicted octanol–water partition coefficient (Wildman–Crippen LogP) is 2.49. The molecule has 22 heavy (non-hydrogen) atoms. The molecule has 0 fully saturated rings. The maximum absolute atomic E-state index is 13.1. The Balaban J connectivity index is 2.18. The van der Waals surface area contributed by atoms with Crippen molar-refractivity contribution in [1.82, 2.24) is 9.71 Å². The smallest absolute Gasteiger partial charge is 0.211 e. The van der Waals surface area contributed by atoms with Crippen LogP contribution < -0.4 is 4.72 Å². The number of halogens is 1. The van der Waals surface area contributed by atoms with Crippen LogP contribution in [-0.2, 0) is 16.4 Å². The summed E-state index contributed by atoms with van der Waals surface area (Å²) in [4.78, 5) is 4.07. The molecule has 0 radical (unpaired) electrons. The molecule has 0 spiro atoms. The fourth-order valence-electron chi connectivity index (χ4n) is 2.18. The van der Waals surface area contributed by atoms with Crippen LogP contribution in [0.5, 0.6) is 0 Å². The summed E-state index contributed by atoms with van der Waals surface area (Å²) in [7, 11) is -3.26. The third-order valence-electron chi connectivity index (χ3n) is 3.48. The van der Waals surface area contributed by atoms with Crippen LogP contribution in [-0.4, -0.2) is 25.7 Å². The molecule has 1 unspecified atom stereocenters. The number of hydrogen-bond acceptors (Lipinski definition) is 3. The molecule has 1 aromatic heterocycles. The number of rotatable bonds is 7. The topological polar surface area (TPSA) is 59.1 Å². The van der Waals surface area contributed by atoms with Crippen LogP contribution >= 0.6 is 0 Å². The lowest BCUT2D eigenvalue weighted by atomic mass is 9.93. The summed E-state index contributed by atoms with van der Waals surface area (Å²) in [5, 5.41) is 0. The average molecular weight is 322 g/mol. The molecule has 0 aliphatic carbocycles. The molecular weight excluding hydrogens is 303 g/mol. The fraction of sp³-hybridized carbons (Fsp3) is 0.312. The number of aromatic nitrogens is 1. The molecule has 1 aromatic carbocycles. The highest BCUT2D eigenvalue weighted by Gasteiger charge is 2.16. The monoisotopic (exact) mass is 322 g/mol. The summed E-state index contributed by atoms with van der Waals surface area (Å²) < 4.78 is 39.0. The second-order valence-corrected chi connectivity index (χ2v) is 7.16. The van der Waals surface area contributed by atoms with Crippen LogP contribution in [0.4, 0.5) is 4.39 Å². The largest absolute Gasteiger partial charge is 0.264 e. The predicted molar refractivity (Wildman–Crippen MR) is 84.5 cm³/mol. The highest BCUT2D eigenvalue weighted by atomic mass is 32.2. The molecule has 1 N–H and O–H groups in total. The minimum atomic E-state index is -3.26. The molecular formula is C16H19FN2O2S. The highest BCUT2D eigenvalue weighted by molar-refractivity contribution is 7.89. The number of hydrogen-bond donors (Lipinski definition) is 1. The molecule has 0 amide bonds. The fourth-order valence-corrected chi connectivity index (χ4v) is 2.84. The van der Waals surface area contributed by atoms with E-state index in [0.717, 1.165) is 11.1 Å². The van der Waals surface area contributed by atoms with Crippen LogP contribution in [0, 0.1) is 5.82 Å². The van der Waals surface area contributed by atoms with Crippen molar-refractivity contribution in [3.8, 4) is 0 Å². The van der Waals surface area contributed by atoms with Gasteiger partial charge in [-0.25, -0.2) is 17.5 Å². The summed E-state index contributed by atoms with van der Waals surface area (Å²) in [6, 6.07) is 9.94. The van der Waals surface area contributed by atoms with E-state index in [2.05, 4.69) is 9.71 Å². The molecule has 0 aliphatic heterocycles. The normalized spacial score (nSPS) is 13.0. The molecule has 0 aliphatic rings. The lowest BCUT2D eigenvalue weighted by Gasteiger charge is -2.18. The minimum absolute atomic E-state index is 0.0377. The Bertz CT molecular complexity index is 688. The number of pyridine rings is 1. The molecule has 0 saturated heterocycles. The highest BCUT2D eigenvalue weighted by Crippen LogP contribution is 2.21. The van der Waals surface area contributed by atoms with Crippen molar-refractivity contribution in [3.63, 3.8) is 0 Å². The van der Waals surface area contributed by atoms with Crippen molar-refractivity contribution in [3.05, 3.63) is 65.7 Å². The quantitative estimate of drug-likeness (QED) is 0.852. The Hall–Kier alpha value is -1.79.